The summed E-state index contributed by atoms with van der Waals surface area (Å²) in [4.78, 5) is 16.4. The molecule has 4 N–H and O–H groups in total. The van der Waals surface area contributed by atoms with Crippen LogP contribution in [0.4, 0.5) is 27.6 Å². The summed E-state index contributed by atoms with van der Waals surface area (Å²) in [5, 5.41) is 10.2. The smallest absolute Gasteiger partial charge is 0.387 e. The zero-order chi connectivity index (χ0) is 26.1. The highest BCUT2D eigenvalue weighted by molar-refractivity contribution is 7.87. The van der Waals surface area contributed by atoms with Crippen LogP contribution in [0.15, 0.2) is 30.5 Å². The number of benzene rings is 1. The van der Waals surface area contributed by atoms with Crippen molar-refractivity contribution in [2.75, 3.05) is 11.1 Å². The van der Waals surface area contributed by atoms with Crippen LogP contribution in [-0.2, 0) is 10.8 Å². The standard InChI is InChI=1S/C22H23F5N4O3S/c1-11-5-14(34-20(24)25)7-30-17(11)18(32)31-13-3-4-16(23)15(6-13)12(2)8-35(33)21(19(28)29)9-22(26,27)10-21/h3-7,12,20H,8-10H2,1-2H3,(H3,28,29)(H,31,32). The van der Waals surface area contributed by atoms with Gasteiger partial charge in [0, 0.05) is 35.1 Å². The number of carbonyl (C=O) groups is 1. The highest BCUT2D eigenvalue weighted by Crippen LogP contribution is 2.49. The molecule has 35 heavy (non-hydrogen) atoms. The number of amides is 1. The lowest BCUT2D eigenvalue weighted by molar-refractivity contribution is -0.0812. The van der Waals surface area contributed by atoms with Crippen LogP contribution >= 0.6 is 0 Å². The van der Waals surface area contributed by atoms with E-state index in [1.165, 1.54) is 25.1 Å². The number of alkyl halides is 4. The number of ether oxygens (including phenoxy) is 1. The predicted octanol–water partition coefficient (Wildman–Crippen LogP) is 4.34. The van der Waals surface area contributed by atoms with E-state index in [2.05, 4.69) is 15.0 Å². The summed E-state index contributed by atoms with van der Waals surface area (Å²) in [5.41, 5.74) is 5.91. The van der Waals surface area contributed by atoms with E-state index in [9.17, 15) is 31.0 Å². The molecule has 0 radical (unpaired) electrons. The Morgan fingerprint density at radius 1 is 1.31 bits per heavy atom. The summed E-state index contributed by atoms with van der Waals surface area (Å²) in [5.74, 6) is -6.16. The Labute approximate surface area is 200 Å². The number of anilines is 1. The van der Waals surface area contributed by atoms with E-state index in [0.717, 1.165) is 12.3 Å². The highest BCUT2D eigenvalue weighted by Gasteiger charge is 2.62. The molecule has 0 aliphatic heterocycles. The van der Waals surface area contributed by atoms with Crippen LogP contribution in [-0.4, -0.2) is 44.0 Å². The first kappa shape index (κ1) is 26.5. The van der Waals surface area contributed by atoms with Crippen molar-refractivity contribution >= 4 is 28.2 Å². The van der Waals surface area contributed by atoms with E-state index < -0.39 is 64.4 Å². The second-order valence-corrected chi connectivity index (χ2v) is 10.2. The molecule has 2 unspecified atom stereocenters. The molecule has 1 aromatic heterocycles. The third-order valence-corrected chi connectivity index (χ3v) is 7.88. The lowest BCUT2D eigenvalue weighted by Gasteiger charge is -2.45. The molecular weight excluding hydrogens is 495 g/mol. The van der Waals surface area contributed by atoms with Gasteiger partial charge in [-0.25, -0.2) is 18.2 Å². The average Bonchev–Trinajstić information content (AvgIpc) is 2.72. The summed E-state index contributed by atoms with van der Waals surface area (Å²) in [6.45, 7) is -0.0290. The summed E-state index contributed by atoms with van der Waals surface area (Å²) in [6.07, 6.45) is -0.641. The number of nitrogens with two attached hydrogens (primary N) is 1. The van der Waals surface area contributed by atoms with Crippen LogP contribution < -0.4 is 15.8 Å². The van der Waals surface area contributed by atoms with Crippen molar-refractivity contribution in [3.8, 4) is 5.75 Å². The molecule has 1 amide bonds. The van der Waals surface area contributed by atoms with Gasteiger partial charge in [0.2, 0.25) is 0 Å². The first-order valence-electron chi connectivity index (χ1n) is 10.4. The van der Waals surface area contributed by atoms with Crippen molar-refractivity contribution in [1.82, 2.24) is 4.98 Å². The molecule has 0 bridgehead atoms. The number of nitrogens with one attached hydrogen (secondary N) is 2. The Bertz CT molecular complexity index is 1170. The number of pyridine rings is 1. The van der Waals surface area contributed by atoms with Gasteiger partial charge in [-0.05, 0) is 48.2 Å². The molecule has 1 heterocycles. The molecule has 3 rings (SSSR count). The zero-order valence-corrected chi connectivity index (χ0v) is 19.5. The molecule has 1 aromatic carbocycles. The number of hydrogen-bond donors (Lipinski definition) is 3. The summed E-state index contributed by atoms with van der Waals surface area (Å²) in [6, 6.07) is 4.90. The molecule has 7 nitrogen and oxygen atoms in total. The maximum atomic E-state index is 14.5. The van der Waals surface area contributed by atoms with Crippen LogP contribution in [0.1, 0.15) is 47.3 Å². The molecule has 1 saturated carbocycles. The Morgan fingerprint density at radius 3 is 2.51 bits per heavy atom. The van der Waals surface area contributed by atoms with Gasteiger partial charge in [-0.1, -0.05) is 6.92 Å². The van der Waals surface area contributed by atoms with Gasteiger partial charge < -0.3 is 15.8 Å². The van der Waals surface area contributed by atoms with Crippen molar-refractivity contribution in [2.24, 2.45) is 5.73 Å². The van der Waals surface area contributed by atoms with Crippen LogP contribution in [0, 0.1) is 18.2 Å². The monoisotopic (exact) mass is 518 g/mol. The minimum absolute atomic E-state index is 0.0686. The topological polar surface area (TPSA) is 118 Å². The van der Waals surface area contributed by atoms with Gasteiger partial charge >= 0.3 is 6.61 Å². The maximum absolute atomic E-state index is 14.5. The van der Waals surface area contributed by atoms with Gasteiger partial charge in [-0.2, -0.15) is 8.78 Å². The Morgan fingerprint density at radius 2 is 1.97 bits per heavy atom. The van der Waals surface area contributed by atoms with Crippen molar-refractivity contribution in [3.05, 3.63) is 53.1 Å². The summed E-state index contributed by atoms with van der Waals surface area (Å²) < 4.78 is 81.6. The van der Waals surface area contributed by atoms with Gasteiger partial charge in [-0.15, -0.1) is 0 Å². The van der Waals surface area contributed by atoms with E-state index in [-0.39, 0.29) is 34.0 Å². The lowest BCUT2D eigenvalue weighted by atomic mass is 9.79. The molecule has 1 aliphatic carbocycles. The highest BCUT2D eigenvalue weighted by atomic mass is 32.2. The van der Waals surface area contributed by atoms with Gasteiger partial charge in [-0.3, -0.25) is 14.4 Å². The first-order chi connectivity index (χ1) is 16.2. The van der Waals surface area contributed by atoms with Crippen LogP contribution in [0.25, 0.3) is 0 Å². The molecule has 0 saturated heterocycles. The third kappa shape index (κ3) is 5.77. The summed E-state index contributed by atoms with van der Waals surface area (Å²) >= 11 is 0. The van der Waals surface area contributed by atoms with Gasteiger partial charge in [0.05, 0.1) is 6.20 Å². The molecule has 13 heteroatoms. The number of carbonyl (C=O) groups excluding carboxylic acids is 1. The molecule has 0 spiro atoms. The Balaban J connectivity index is 1.74. The largest absolute Gasteiger partial charge is 0.433 e. The Hall–Kier alpha value is -3.09. The third-order valence-electron chi connectivity index (χ3n) is 5.69. The number of halogens is 5. The molecule has 2 atom stereocenters. The average molecular weight is 519 g/mol. The molecule has 2 aromatic rings. The normalized spacial score (nSPS) is 17.8. The minimum atomic E-state index is -3.06. The number of aromatic nitrogens is 1. The van der Waals surface area contributed by atoms with Crippen molar-refractivity contribution in [3.63, 3.8) is 0 Å². The van der Waals surface area contributed by atoms with Crippen molar-refractivity contribution < 1.29 is 35.7 Å². The zero-order valence-electron chi connectivity index (χ0n) is 18.7. The SMILES string of the molecule is Cc1cc(OC(F)F)cnc1C(=O)Nc1ccc(F)c(C(C)CS(=O)C2(C(=N)N)CC(F)(F)C2)c1. The number of amidine groups is 1. The maximum Gasteiger partial charge on any atom is 0.387 e. The predicted molar refractivity (Wildman–Crippen MR) is 120 cm³/mol. The van der Waals surface area contributed by atoms with Gasteiger partial charge in [0.25, 0.3) is 11.8 Å². The molecular formula is C22H23F5N4O3S. The molecule has 1 fully saturated rings. The lowest BCUT2D eigenvalue weighted by Crippen LogP contribution is -2.62. The fourth-order valence-electron chi connectivity index (χ4n) is 3.88. The number of nitrogens with zero attached hydrogens (tertiary/aromatic N) is 1. The first-order valence-corrected chi connectivity index (χ1v) is 11.7. The van der Waals surface area contributed by atoms with Crippen molar-refractivity contribution in [2.45, 2.75) is 49.9 Å². The van der Waals surface area contributed by atoms with Crippen LogP contribution in [0.2, 0.25) is 0 Å². The molecule has 190 valence electrons. The minimum Gasteiger partial charge on any atom is -0.433 e. The van der Waals surface area contributed by atoms with Crippen LogP contribution in [0.5, 0.6) is 5.75 Å². The Kier molecular flexibility index (Phi) is 7.48. The van der Waals surface area contributed by atoms with Gasteiger partial charge in [0.15, 0.2) is 0 Å². The molecule has 1 aliphatic rings. The summed E-state index contributed by atoms with van der Waals surface area (Å²) in [7, 11) is -1.97. The van der Waals surface area contributed by atoms with E-state index in [1.807, 2.05) is 0 Å². The van der Waals surface area contributed by atoms with Crippen LogP contribution in [0.3, 0.4) is 0 Å². The number of rotatable bonds is 9. The second-order valence-electron chi connectivity index (χ2n) is 8.44. The fraction of sp³-hybridized carbons (Fsp3) is 0.409. The quantitative estimate of drug-likeness (QED) is 0.259. The van der Waals surface area contributed by atoms with E-state index in [1.54, 1.807) is 6.92 Å². The van der Waals surface area contributed by atoms with E-state index in [0.29, 0.717) is 0 Å². The van der Waals surface area contributed by atoms with Crippen molar-refractivity contribution in [1.29, 1.82) is 5.41 Å². The second kappa shape index (κ2) is 9.88. The fourth-order valence-corrected chi connectivity index (χ4v) is 5.82. The van der Waals surface area contributed by atoms with E-state index in [4.69, 9.17) is 11.1 Å². The van der Waals surface area contributed by atoms with Gasteiger partial charge in [0.1, 0.15) is 27.8 Å². The van der Waals surface area contributed by atoms with E-state index >= 15 is 0 Å². The number of hydrogen-bond acceptors (Lipinski definition) is 5. The number of aryl methyl sites for hydroxylation is 1.